The minimum absolute atomic E-state index is 0.160. The summed E-state index contributed by atoms with van der Waals surface area (Å²) < 4.78 is 25.8. The Labute approximate surface area is 58.7 Å². The Kier molecular flexibility index (Phi) is 1.53. The monoisotopic (exact) mass is 161 g/mol. The smallest absolute Gasteiger partial charge is 0.271 e. The highest BCUT2D eigenvalue weighted by molar-refractivity contribution is 7.89. The summed E-state index contributed by atoms with van der Waals surface area (Å²) in [7, 11) is -3.66. The lowest BCUT2D eigenvalue weighted by atomic mass is 10.4. The Bertz CT molecular complexity index is 324. The molecule has 0 saturated heterocycles. The highest BCUT2D eigenvalue weighted by Gasteiger charge is 2.13. The van der Waals surface area contributed by atoms with Crippen molar-refractivity contribution < 1.29 is 12.8 Å². The van der Waals surface area contributed by atoms with Gasteiger partial charge in [-0.3, -0.25) is 0 Å². The minimum atomic E-state index is -3.66. The lowest BCUT2D eigenvalue weighted by molar-refractivity contribution is 0.447. The van der Waals surface area contributed by atoms with Gasteiger partial charge in [0.05, 0.1) is 6.26 Å². The van der Waals surface area contributed by atoms with Gasteiger partial charge in [0.25, 0.3) is 10.0 Å². The Hall–Kier alpha value is -0.810. The van der Waals surface area contributed by atoms with Gasteiger partial charge in [-0.1, -0.05) is 0 Å². The fraction of sp³-hybridized carbons (Fsp3) is 0.200. The second-order valence-electron chi connectivity index (χ2n) is 1.94. The maximum absolute atomic E-state index is 10.6. The Balaban J connectivity index is 3.32. The van der Waals surface area contributed by atoms with E-state index in [1.807, 2.05) is 0 Å². The molecule has 1 rings (SSSR count). The Morgan fingerprint density at radius 3 is 2.40 bits per heavy atom. The van der Waals surface area contributed by atoms with E-state index in [0.29, 0.717) is 5.56 Å². The number of furan rings is 1. The van der Waals surface area contributed by atoms with Gasteiger partial charge in [0.15, 0.2) is 0 Å². The molecule has 2 N–H and O–H groups in total. The van der Waals surface area contributed by atoms with E-state index in [1.165, 1.54) is 6.26 Å². The maximum atomic E-state index is 10.6. The van der Waals surface area contributed by atoms with Crippen LogP contribution in [0.25, 0.3) is 0 Å². The molecule has 0 spiro atoms. The molecule has 1 aromatic heterocycles. The SMILES string of the molecule is Cc1ccoc1S(N)(=O)=O. The van der Waals surface area contributed by atoms with Gasteiger partial charge in [-0.15, -0.1) is 0 Å². The van der Waals surface area contributed by atoms with Crippen molar-refractivity contribution in [3.8, 4) is 0 Å². The van der Waals surface area contributed by atoms with Crippen molar-refractivity contribution in [3.63, 3.8) is 0 Å². The number of nitrogens with two attached hydrogens (primary N) is 1. The molecule has 0 amide bonds. The highest BCUT2D eigenvalue weighted by Crippen LogP contribution is 2.12. The van der Waals surface area contributed by atoms with Gasteiger partial charge in [-0.05, 0) is 13.0 Å². The van der Waals surface area contributed by atoms with Crippen LogP contribution in [0.4, 0.5) is 0 Å². The van der Waals surface area contributed by atoms with Crippen molar-refractivity contribution in [3.05, 3.63) is 17.9 Å². The number of aryl methyl sites for hydroxylation is 1. The summed E-state index contributed by atoms with van der Waals surface area (Å²) in [5.74, 6) is 0. The Morgan fingerprint density at radius 2 is 2.20 bits per heavy atom. The summed E-state index contributed by atoms with van der Waals surface area (Å²) in [5, 5.41) is 4.62. The summed E-state index contributed by atoms with van der Waals surface area (Å²) >= 11 is 0. The number of hydrogen-bond acceptors (Lipinski definition) is 3. The first-order valence-corrected chi connectivity index (χ1v) is 4.13. The Morgan fingerprint density at radius 1 is 1.60 bits per heavy atom. The predicted octanol–water partition coefficient (Wildman–Crippen LogP) is 0.235. The third-order valence-corrected chi connectivity index (χ3v) is 2.01. The second kappa shape index (κ2) is 2.10. The molecule has 0 atom stereocenters. The number of hydrogen-bond donors (Lipinski definition) is 1. The topological polar surface area (TPSA) is 73.3 Å². The van der Waals surface area contributed by atoms with Crippen molar-refractivity contribution in [1.29, 1.82) is 0 Å². The van der Waals surface area contributed by atoms with Crippen LogP contribution in [0, 0.1) is 6.92 Å². The fourth-order valence-corrected chi connectivity index (χ4v) is 1.36. The van der Waals surface area contributed by atoms with Gasteiger partial charge in [-0.2, -0.15) is 0 Å². The van der Waals surface area contributed by atoms with Crippen LogP contribution in [-0.4, -0.2) is 8.42 Å². The molecule has 0 aliphatic rings. The van der Waals surface area contributed by atoms with Crippen LogP contribution in [0.3, 0.4) is 0 Å². The first-order chi connectivity index (χ1) is 4.52. The van der Waals surface area contributed by atoms with E-state index >= 15 is 0 Å². The fourth-order valence-electron chi connectivity index (χ4n) is 0.650. The molecule has 0 fully saturated rings. The van der Waals surface area contributed by atoms with Crippen molar-refractivity contribution in [2.24, 2.45) is 5.14 Å². The summed E-state index contributed by atoms with van der Waals surface area (Å²) in [6.45, 7) is 1.61. The third kappa shape index (κ3) is 1.19. The molecule has 0 aromatic carbocycles. The number of sulfonamides is 1. The summed E-state index contributed by atoms with van der Waals surface area (Å²) in [5.41, 5.74) is 0.530. The summed E-state index contributed by atoms with van der Waals surface area (Å²) in [6.07, 6.45) is 1.29. The van der Waals surface area contributed by atoms with E-state index in [-0.39, 0.29) is 5.09 Å². The average Bonchev–Trinajstić information content (AvgIpc) is 2.11. The molecule has 0 radical (unpaired) electrons. The van der Waals surface area contributed by atoms with Gasteiger partial charge in [0.1, 0.15) is 0 Å². The average molecular weight is 161 g/mol. The minimum Gasteiger partial charge on any atom is -0.451 e. The van der Waals surface area contributed by atoms with E-state index in [2.05, 4.69) is 4.42 Å². The van der Waals surface area contributed by atoms with Crippen LogP contribution < -0.4 is 5.14 Å². The summed E-state index contributed by atoms with van der Waals surface area (Å²) in [4.78, 5) is 0. The third-order valence-electron chi connectivity index (χ3n) is 1.07. The molecule has 5 heteroatoms. The van der Waals surface area contributed by atoms with Crippen molar-refractivity contribution in [2.45, 2.75) is 12.0 Å². The van der Waals surface area contributed by atoms with Crippen LogP contribution in [-0.2, 0) is 10.0 Å². The molecular formula is C5H7NO3S. The first-order valence-electron chi connectivity index (χ1n) is 2.58. The zero-order valence-corrected chi connectivity index (χ0v) is 6.18. The van der Waals surface area contributed by atoms with Gasteiger partial charge >= 0.3 is 0 Å². The van der Waals surface area contributed by atoms with Crippen LogP contribution in [0.2, 0.25) is 0 Å². The lowest BCUT2D eigenvalue weighted by Crippen LogP contribution is -2.11. The molecular weight excluding hydrogens is 154 g/mol. The van der Waals surface area contributed by atoms with Crippen LogP contribution in [0.15, 0.2) is 21.8 Å². The molecule has 1 heterocycles. The number of primary sulfonamides is 1. The van der Waals surface area contributed by atoms with Gasteiger partial charge in [-0.25, -0.2) is 13.6 Å². The number of rotatable bonds is 1. The van der Waals surface area contributed by atoms with Gasteiger partial charge in [0.2, 0.25) is 5.09 Å². The lowest BCUT2D eigenvalue weighted by Gasteiger charge is -1.90. The second-order valence-corrected chi connectivity index (χ2v) is 3.40. The van der Waals surface area contributed by atoms with E-state index in [1.54, 1.807) is 13.0 Å². The first kappa shape index (κ1) is 7.30. The quantitative estimate of drug-likeness (QED) is 0.641. The maximum Gasteiger partial charge on any atom is 0.271 e. The van der Waals surface area contributed by atoms with Gasteiger partial charge < -0.3 is 4.42 Å². The standard InChI is InChI=1S/C5H7NO3S/c1-4-2-3-9-5(4)10(6,7)8/h2-3H,1H3,(H2,6,7,8). The van der Waals surface area contributed by atoms with Gasteiger partial charge in [0, 0.05) is 5.56 Å². The van der Waals surface area contributed by atoms with Crippen LogP contribution in [0.5, 0.6) is 0 Å². The van der Waals surface area contributed by atoms with Crippen LogP contribution >= 0.6 is 0 Å². The van der Waals surface area contributed by atoms with Crippen molar-refractivity contribution in [1.82, 2.24) is 0 Å². The predicted molar refractivity (Wildman–Crippen MR) is 34.8 cm³/mol. The molecule has 0 saturated carbocycles. The molecule has 0 bridgehead atoms. The zero-order valence-electron chi connectivity index (χ0n) is 5.37. The van der Waals surface area contributed by atoms with Crippen LogP contribution in [0.1, 0.15) is 5.56 Å². The van der Waals surface area contributed by atoms with E-state index in [4.69, 9.17) is 5.14 Å². The molecule has 10 heavy (non-hydrogen) atoms. The van der Waals surface area contributed by atoms with Crippen molar-refractivity contribution >= 4 is 10.0 Å². The van der Waals surface area contributed by atoms with E-state index < -0.39 is 10.0 Å². The van der Waals surface area contributed by atoms with Crippen molar-refractivity contribution in [2.75, 3.05) is 0 Å². The molecule has 56 valence electrons. The van der Waals surface area contributed by atoms with E-state index in [0.717, 1.165) is 0 Å². The highest BCUT2D eigenvalue weighted by atomic mass is 32.2. The molecule has 4 nitrogen and oxygen atoms in total. The molecule has 0 aliphatic heterocycles. The largest absolute Gasteiger partial charge is 0.451 e. The molecule has 1 aromatic rings. The molecule has 0 unspecified atom stereocenters. The zero-order chi connectivity index (χ0) is 7.78. The summed E-state index contributed by atoms with van der Waals surface area (Å²) in [6, 6.07) is 1.54. The molecule has 0 aliphatic carbocycles. The van der Waals surface area contributed by atoms with E-state index in [9.17, 15) is 8.42 Å². The normalized spacial score (nSPS) is 11.8.